The van der Waals surface area contributed by atoms with E-state index in [9.17, 15) is 18.4 Å². The predicted octanol–water partition coefficient (Wildman–Crippen LogP) is 2.75. The van der Waals surface area contributed by atoms with Gasteiger partial charge in [-0.3, -0.25) is 14.9 Å². The highest BCUT2D eigenvalue weighted by Gasteiger charge is 2.35. The number of methoxy groups -OCH3 is 1. The van der Waals surface area contributed by atoms with E-state index in [1.54, 1.807) is 31.4 Å². The second kappa shape index (κ2) is 7.30. The molecule has 1 aliphatic heterocycles. The lowest BCUT2D eigenvalue weighted by atomic mass is 10.2. The van der Waals surface area contributed by atoms with Gasteiger partial charge in [-0.05, 0) is 36.4 Å². The van der Waals surface area contributed by atoms with Crippen molar-refractivity contribution < 1.29 is 23.1 Å². The van der Waals surface area contributed by atoms with Crippen molar-refractivity contribution in [2.45, 2.75) is 12.5 Å². The fraction of sp³-hybridized carbons (Fsp3) is 0.158. The molecule has 2 amide bonds. The second-order valence-electron chi connectivity index (χ2n) is 6.32. The van der Waals surface area contributed by atoms with Crippen LogP contribution in [-0.2, 0) is 9.59 Å². The third kappa shape index (κ3) is 3.64. The summed E-state index contributed by atoms with van der Waals surface area (Å²) in [5.41, 5.74) is 0.803. The monoisotopic (exact) mass is 399 g/mol. The van der Waals surface area contributed by atoms with Gasteiger partial charge in [-0.2, -0.15) is 4.98 Å². The Balaban J connectivity index is 1.50. The largest absolute Gasteiger partial charge is 0.497 e. The van der Waals surface area contributed by atoms with E-state index in [0.717, 1.165) is 12.1 Å². The van der Waals surface area contributed by atoms with Crippen LogP contribution in [0, 0.1) is 11.6 Å². The van der Waals surface area contributed by atoms with Crippen LogP contribution in [0.3, 0.4) is 0 Å². The summed E-state index contributed by atoms with van der Waals surface area (Å²) in [5.74, 6) is -1.78. The predicted molar refractivity (Wildman–Crippen MR) is 99.3 cm³/mol. The van der Waals surface area contributed by atoms with Gasteiger partial charge in [0.15, 0.2) is 17.5 Å². The topological polar surface area (TPSA) is 98.1 Å². The summed E-state index contributed by atoms with van der Waals surface area (Å²) >= 11 is 0. The molecule has 0 fully saturated rings. The smallest absolute Gasteiger partial charge is 0.252 e. The lowest BCUT2D eigenvalue weighted by molar-refractivity contribution is -0.123. The highest BCUT2D eigenvalue weighted by Crippen LogP contribution is 2.29. The van der Waals surface area contributed by atoms with Crippen molar-refractivity contribution in [2.75, 3.05) is 17.7 Å². The Bertz CT molecular complexity index is 1100. The Morgan fingerprint density at radius 2 is 1.97 bits per heavy atom. The average molecular weight is 399 g/mol. The van der Waals surface area contributed by atoms with Crippen LogP contribution in [0.2, 0.25) is 0 Å². The van der Waals surface area contributed by atoms with Crippen LogP contribution in [0.15, 0.2) is 42.5 Å². The third-order valence-corrected chi connectivity index (χ3v) is 4.39. The van der Waals surface area contributed by atoms with Gasteiger partial charge < -0.3 is 10.1 Å². The molecule has 0 aliphatic carbocycles. The summed E-state index contributed by atoms with van der Waals surface area (Å²) in [7, 11) is 1.56. The molecule has 1 atom stereocenters. The normalized spacial score (nSPS) is 15.0. The lowest BCUT2D eigenvalue weighted by Crippen LogP contribution is -2.23. The number of hydrogen-bond acceptors (Lipinski definition) is 5. The molecule has 8 nitrogen and oxygen atoms in total. The average Bonchev–Trinajstić information content (AvgIpc) is 3.23. The first-order chi connectivity index (χ1) is 13.9. The number of rotatable bonds is 5. The van der Waals surface area contributed by atoms with Gasteiger partial charge in [-0.15, -0.1) is 5.10 Å². The molecule has 10 heteroatoms. The van der Waals surface area contributed by atoms with Crippen LogP contribution in [0.4, 0.5) is 20.4 Å². The lowest BCUT2D eigenvalue weighted by Gasteiger charge is -2.10. The number of carbonyl (C=O) groups is 2. The van der Waals surface area contributed by atoms with Crippen molar-refractivity contribution in [3.05, 3.63) is 54.1 Å². The van der Waals surface area contributed by atoms with Crippen LogP contribution >= 0.6 is 0 Å². The quantitative estimate of drug-likeness (QED) is 0.688. The van der Waals surface area contributed by atoms with Crippen molar-refractivity contribution in [1.82, 2.24) is 14.8 Å². The summed E-state index contributed by atoms with van der Waals surface area (Å²) in [5, 5.41) is 9.35. The highest BCUT2D eigenvalue weighted by atomic mass is 19.2. The first-order valence-electron chi connectivity index (χ1n) is 8.61. The fourth-order valence-corrected chi connectivity index (χ4v) is 2.93. The van der Waals surface area contributed by atoms with Crippen molar-refractivity contribution in [3.8, 4) is 17.1 Å². The summed E-state index contributed by atoms with van der Waals surface area (Å²) in [4.78, 5) is 28.8. The number of nitrogens with one attached hydrogen (secondary N) is 2. The van der Waals surface area contributed by atoms with Crippen LogP contribution in [-0.4, -0.2) is 33.7 Å². The number of amides is 2. The molecule has 0 radical (unpaired) electrons. The summed E-state index contributed by atoms with van der Waals surface area (Å²) in [6.45, 7) is 0. The van der Waals surface area contributed by atoms with E-state index >= 15 is 0 Å². The van der Waals surface area contributed by atoms with E-state index < -0.39 is 29.5 Å². The van der Waals surface area contributed by atoms with E-state index in [0.29, 0.717) is 17.1 Å². The van der Waals surface area contributed by atoms with Gasteiger partial charge in [0.25, 0.3) is 5.91 Å². The van der Waals surface area contributed by atoms with Crippen molar-refractivity contribution in [3.63, 3.8) is 0 Å². The Kier molecular flexibility index (Phi) is 4.67. The summed E-state index contributed by atoms with van der Waals surface area (Å²) < 4.78 is 32.7. The van der Waals surface area contributed by atoms with Crippen molar-refractivity contribution in [1.29, 1.82) is 0 Å². The zero-order valence-corrected chi connectivity index (χ0v) is 15.1. The summed E-state index contributed by atoms with van der Waals surface area (Å²) in [6, 6.07) is 9.16. The molecule has 0 unspecified atom stereocenters. The zero-order valence-electron chi connectivity index (χ0n) is 15.1. The van der Waals surface area contributed by atoms with Gasteiger partial charge in [-0.25, -0.2) is 13.5 Å². The second-order valence-corrected chi connectivity index (χ2v) is 6.32. The summed E-state index contributed by atoms with van der Waals surface area (Å²) in [6.07, 6.45) is -0.247. The van der Waals surface area contributed by atoms with Gasteiger partial charge in [0.1, 0.15) is 11.8 Å². The van der Waals surface area contributed by atoms with Gasteiger partial charge >= 0.3 is 0 Å². The first kappa shape index (κ1) is 18.5. The van der Waals surface area contributed by atoms with Gasteiger partial charge in [0, 0.05) is 17.3 Å². The minimum Gasteiger partial charge on any atom is -0.497 e. The molecular weight excluding hydrogens is 384 g/mol. The molecule has 29 heavy (non-hydrogen) atoms. The molecule has 2 N–H and O–H groups in total. The molecule has 0 saturated carbocycles. The van der Waals surface area contributed by atoms with E-state index in [2.05, 4.69) is 20.7 Å². The van der Waals surface area contributed by atoms with E-state index in [1.807, 2.05) is 0 Å². The Morgan fingerprint density at radius 1 is 1.21 bits per heavy atom. The molecule has 1 aliphatic rings. The van der Waals surface area contributed by atoms with Crippen LogP contribution in [0.1, 0.15) is 12.5 Å². The van der Waals surface area contributed by atoms with E-state index in [-0.39, 0.29) is 18.1 Å². The minimum atomic E-state index is -1.08. The number of fused-ring (bicyclic) bond motifs is 1. The maximum atomic E-state index is 13.3. The Labute approximate surface area is 163 Å². The molecule has 148 valence electrons. The highest BCUT2D eigenvalue weighted by molar-refractivity contribution is 6.01. The van der Waals surface area contributed by atoms with Crippen molar-refractivity contribution in [2.24, 2.45) is 0 Å². The zero-order chi connectivity index (χ0) is 20.5. The number of halogens is 2. The molecular formula is C19H15F2N5O3. The first-order valence-corrected chi connectivity index (χ1v) is 8.61. The molecule has 4 rings (SSSR count). The molecule has 3 aromatic rings. The molecule has 1 aromatic heterocycles. The molecule has 0 bridgehead atoms. The van der Waals surface area contributed by atoms with Gasteiger partial charge in [0.05, 0.1) is 13.5 Å². The number of ether oxygens (including phenoxy) is 1. The molecule has 0 spiro atoms. The number of carbonyl (C=O) groups excluding carboxylic acids is 2. The number of nitrogens with zero attached hydrogens (tertiary/aromatic N) is 3. The number of benzene rings is 2. The molecule has 2 heterocycles. The van der Waals surface area contributed by atoms with Gasteiger partial charge in [-0.1, -0.05) is 0 Å². The van der Waals surface area contributed by atoms with E-state index in [4.69, 9.17) is 4.74 Å². The fourth-order valence-electron chi connectivity index (χ4n) is 2.93. The van der Waals surface area contributed by atoms with E-state index in [1.165, 1.54) is 10.7 Å². The number of hydrogen-bond donors (Lipinski definition) is 2. The third-order valence-electron chi connectivity index (χ3n) is 4.39. The SMILES string of the molecule is COc1ccc(-c2nc3n(n2)[C@H](CC(=O)Nc2ccc(F)c(F)c2)C(=O)N3)cc1. The van der Waals surface area contributed by atoms with Crippen LogP contribution in [0.25, 0.3) is 11.4 Å². The standard InChI is InChI=1S/C19H15F2N5O3/c1-29-12-5-2-10(3-6-12)17-23-19-24-18(28)15(26(19)25-17)9-16(27)22-11-4-7-13(20)14(21)8-11/h2-8,15H,9H2,1H3,(H,22,27)(H,23,24,25,28)/t15-/m1/s1. The molecule has 2 aromatic carbocycles. The molecule has 0 saturated heterocycles. The minimum absolute atomic E-state index is 0.0880. The van der Waals surface area contributed by atoms with Crippen molar-refractivity contribution >= 4 is 23.5 Å². The maximum Gasteiger partial charge on any atom is 0.252 e. The van der Waals surface area contributed by atoms with Crippen LogP contribution in [0.5, 0.6) is 5.75 Å². The number of aromatic nitrogens is 3. The number of anilines is 2. The van der Waals surface area contributed by atoms with Crippen LogP contribution < -0.4 is 15.4 Å². The Hall–Kier alpha value is -3.82. The maximum absolute atomic E-state index is 13.3. The Morgan fingerprint density at radius 3 is 2.66 bits per heavy atom. The van der Waals surface area contributed by atoms with Gasteiger partial charge in [0.2, 0.25) is 11.9 Å².